The smallest absolute Gasteiger partial charge is 0.338 e. The minimum absolute atomic E-state index is 0.305. The van der Waals surface area contributed by atoms with Crippen LogP contribution in [0, 0.1) is 6.92 Å². The lowest BCUT2D eigenvalue weighted by Crippen LogP contribution is -2.28. The molecule has 0 fully saturated rings. The molecule has 2 aromatic carbocycles. The second kappa shape index (κ2) is 7.61. The van der Waals surface area contributed by atoms with Gasteiger partial charge in [-0.15, -0.1) is 0 Å². The van der Waals surface area contributed by atoms with Crippen molar-refractivity contribution in [1.82, 2.24) is 5.32 Å². The van der Waals surface area contributed by atoms with Crippen molar-refractivity contribution in [2.45, 2.75) is 13.5 Å². The molecule has 0 aliphatic carbocycles. The van der Waals surface area contributed by atoms with E-state index in [0.29, 0.717) is 17.1 Å². The summed E-state index contributed by atoms with van der Waals surface area (Å²) in [6.07, 6.45) is 0. The van der Waals surface area contributed by atoms with Crippen molar-refractivity contribution in [3.8, 4) is 0 Å². The third-order valence-electron chi connectivity index (χ3n) is 3.10. The molecule has 0 spiro atoms. The van der Waals surface area contributed by atoms with E-state index < -0.39 is 5.97 Å². The zero-order valence-corrected chi connectivity index (χ0v) is 12.9. The molecule has 0 aliphatic heterocycles. The molecule has 114 valence electrons. The predicted molar refractivity (Wildman–Crippen MR) is 84.8 cm³/mol. The standard InChI is InChI=1S/C17H16ClNO3/c1-12-4-2-3-5-15(12)17(21)22-11-16(20)19-10-13-6-8-14(18)9-7-13/h2-9H,10-11H2,1H3,(H,19,20). The maximum atomic E-state index is 11.9. The van der Waals surface area contributed by atoms with E-state index in [2.05, 4.69) is 5.32 Å². The summed E-state index contributed by atoms with van der Waals surface area (Å²) in [5.41, 5.74) is 2.20. The summed E-state index contributed by atoms with van der Waals surface area (Å²) in [7, 11) is 0. The lowest BCUT2D eigenvalue weighted by Gasteiger charge is -2.08. The molecule has 0 heterocycles. The zero-order chi connectivity index (χ0) is 15.9. The maximum absolute atomic E-state index is 11.9. The molecule has 2 aromatic rings. The van der Waals surface area contributed by atoms with Crippen LogP contribution in [0.3, 0.4) is 0 Å². The van der Waals surface area contributed by atoms with Crippen LogP contribution >= 0.6 is 11.6 Å². The Morgan fingerprint density at radius 1 is 1.09 bits per heavy atom. The number of carbonyl (C=O) groups excluding carboxylic acids is 2. The fourth-order valence-electron chi connectivity index (χ4n) is 1.86. The number of hydrogen-bond acceptors (Lipinski definition) is 3. The van der Waals surface area contributed by atoms with Crippen LogP contribution in [-0.4, -0.2) is 18.5 Å². The summed E-state index contributed by atoms with van der Waals surface area (Å²) in [6.45, 7) is 1.87. The molecule has 1 N–H and O–H groups in total. The molecule has 0 unspecified atom stereocenters. The lowest BCUT2D eigenvalue weighted by atomic mass is 10.1. The van der Waals surface area contributed by atoms with Crippen LogP contribution in [0.5, 0.6) is 0 Å². The number of amides is 1. The van der Waals surface area contributed by atoms with Gasteiger partial charge in [-0.3, -0.25) is 4.79 Å². The third-order valence-corrected chi connectivity index (χ3v) is 3.35. The normalized spacial score (nSPS) is 10.1. The quantitative estimate of drug-likeness (QED) is 0.862. The second-order valence-electron chi connectivity index (χ2n) is 4.79. The summed E-state index contributed by atoms with van der Waals surface area (Å²) >= 11 is 5.79. The average Bonchev–Trinajstić information content (AvgIpc) is 2.52. The molecule has 1 amide bonds. The molecular formula is C17H16ClNO3. The molecule has 5 heteroatoms. The number of ether oxygens (including phenoxy) is 1. The van der Waals surface area contributed by atoms with E-state index in [4.69, 9.17) is 16.3 Å². The van der Waals surface area contributed by atoms with E-state index in [0.717, 1.165) is 11.1 Å². The summed E-state index contributed by atoms with van der Waals surface area (Å²) in [5, 5.41) is 3.32. The summed E-state index contributed by atoms with van der Waals surface area (Å²) in [6, 6.07) is 14.2. The van der Waals surface area contributed by atoms with Crippen LogP contribution in [0.15, 0.2) is 48.5 Å². The van der Waals surface area contributed by atoms with Gasteiger partial charge in [0.15, 0.2) is 6.61 Å². The molecule has 0 radical (unpaired) electrons. The topological polar surface area (TPSA) is 55.4 Å². The van der Waals surface area contributed by atoms with Crippen molar-refractivity contribution >= 4 is 23.5 Å². The number of esters is 1. The molecule has 4 nitrogen and oxygen atoms in total. The van der Waals surface area contributed by atoms with Crippen molar-refractivity contribution in [1.29, 1.82) is 0 Å². The summed E-state index contributed by atoms with van der Waals surface area (Å²) in [4.78, 5) is 23.6. The van der Waals surface area contributed by atoms with Gasteiger partial charge in [-0.25, -0.2) is 4.79 Å². The average molecular weight is 318 g/mol. The first-order valence-corrected chi connectivity index (χ1v) is 7.18. The Hall–Kier alpha value is -2.33. The fourth-order valence-corrected chi connectivity index (χ4v) is 1.99. The van der Waals surface area contributed by atoms with Crippen LogP contribution in [0.1, 0.15) is 21.5 Å². The van der Waals surface area contributed by atoms with E-state index in [-0.39, 0.29) is 12.5 Å². The Kier molecular flexibility index (Phi) is 5.55. The van der Waals surface area contributed by atoms with E-state index in [9.17, 15) is 9.59 Å². The van der Waals surface area contributed by atoms with Gasteiger partial charge in [0.25, 0.3) is 5.91 Å². The third kappa shape index (κ3) is 4.60. The largest absolute Gasteiger partial charge is 0.452 e. The summed E-state index contributed by atoms with van der Waals surface area (Å²) in [5.74, 6) is -0.850. The van der Waals surface area contributed by atoms with Gasteiger partial charge in [-0.2, -0.15) is 0 Å². The molecule has 22 heavy (non-hydrogen) atoms. The lowest BCUT2D eigenvalue weighted by molar-refractivity contribution is -0.124. The number of hydrogen-bond donors (Lipinski definition) is 1. The first kappa shape index (κ1) is 16.0. The number of aryl methyl sites for hydroxylation is 1. The van der Waals surface area contributed by atoms with Gasteiger partial charge in [-0.05, 0) is 36.2 Å². The van der Waals surface area contributed by atoms with Crippen LogP contribution in [0.25, 0.3) is 0 Å². The first-order valence-electron chi connectivity index (χ1n) is 6.80. The highest BCUT2D eigenvalue weighted by Crippen LogP contribution is 2.10. The molecule has 0 bridgehead atoms. The Labute approximate surface area is 134 Å². The van der Waals surface area contributed by atoms with Gasteiger partial charge >= 0.3 is 5.97 Å². The highest BCUT2D eigenvalue weighted by Gasteiger charge is 2.11. The van der Waals surface area contributed by atoms with E-state index in [1.165, 1.54) is 0 Å². The second-order valence-corrected chi connectivity index (χ2v) is 5.23. The minimum atomic E-state index is -0.500. The van der Waals surface area contributed by atoms with Crippen molar-refractivity contribution in [3.05, 3.63) is 70.2 Å². The molecule has 0 aliphatic rings. The number of carbonyl (C=O) groups is 2. The van der Waals surface area contributed by atoms with Crippen LogP contribution < -0.4 is 5.32 Å². The Morgan fingerprint density at radius 2 is 1.77 bits per heavy atom. The number of benzene rings is 2. The van der Waals surface area contributed by atoms with Gasteiger partial charge in [-0.1, -0.05) is 41.9 Å². The number of halogens is 1. The predicted octanol–water partition coefficient (Wildman–Crippen LogP) is 3.12. The van der Waals surface area contributed by atoms with Crippen molar-refractivity contribution in [2.24, 2.45) is 0 Å². The SMILES string of the molecule is Cc1ccccc1C(=O)OCC(=O)NCc1ccc(Cl)cc1. The zero-order valence-electron chi connectivity index (χ0n) is 12.1. The van der Waals surface area contributed by atoms with Crippen LogP contribution in [0.2, 0.25) is 5.02 Å². The van der Waals surface area contributed by atoms with Crippen LogP contribution in [0.4, 0.5) is 0 Å². The molecule has 0 saturated carbocycles. The maximum Gasteiger partial charge on any atom is 0.338 e. The Morgan fingerprint density at radius 3 is 2.45 bits per heavy atom. The van der Waals surface area contributed by atoms with E-state index in [1.807, 2.05) is 31.2 Å². The van der Waals surface area contributed by atoms with Gasteiger partial charge < -0.3 is 10.1 Å². The highest BCUT2D eigenvalue weighted by molar-refractivity contribution is 6.30. The Bertz CT molecular complexity index is 668. The van der Waals surface area contributed by atoms with E-state index >= 15 is 0 Å². The number of rotatable bonds is 5. The fraction of sp³-hybridized carbons (Fsp3) is 0.176. The molecule has 0 atom stereocenters. The van der Waals surface area contributed by atoms with Crippen molar-refractivity contribution in [2.75, 3.05) is 6.61 Å². The van der Waals surface area contributed by atoms with Crippen LogP contribution in [-0.2, 0) is 16.1 Å². The minimum Gasteiger partial charge on any atom is -0.452 e. The van der Waals surface area contributed by atoms with Gasteiger partial charge in [0, 0.05) is 11.6 Å². The van der Waals surface area contributed by atoms with Gasteiger partial charge in [0.1, 0.15) is 0 Å². The summed E-state index contributed by atoms with van der Waals surface area (Å²) < 4.78 is 5.01. The molecule has 0 saturated heterocycles. The first-order chi connectivity index (χ1) is 10.6. The van der Waals surface area contributed by atoms with Gasteiger partial charge in [0.2, 0.25) is 0 Å². The van der Waals surface area contributed by atoms with Gasteiger partial charge in [0.05, 0.1) is 5.56 Å². The monoisotopic (exact) mass is 317 g/mol. The Balaban J connectivity index is 1.79. The molecular weight excluding hydrogens is 302 g/mol. The van der Waals surface area contributed by atoms with E-state index in [1.54, 1.807) is 24.3 Å². The van der Waals surface area contributed by atoms with Crippen molar-refractivity contribution in [3.63, 3.8) is 0 Å². The highest BCUT2D eigenvalue weighted by atomic mass is 35.5. The molecule has 2 rings (SSSR count). The van der Waals surface area contributed by atoms with Crippen molar-refractivity contribution < 1.29 is 14.3 Å². The number of nitrogens with one attached hydrogen (secondary N) is 1. The molecule has 0 aromatic heterocycles.